The van der Waals surface area contributed by atoms with Crippen LogP contribution < -0.4 is 4.68 Å². The minimum atomic E-state index is 0.273. The molecule has 1 atom stereocenters. The molecule has 3 nitrogen and oxygen atoms in total. The SMILES string of the molecule is C=C[C@@H](C)n1cc(C)[n+](C)n1. The molecule has 0 fully saturated rings. The summed E-state index contributed by atoms with van der Waals surface area (Å²) >= 11 is 0. The molecule has 0 aliphatic rings. The molecule has 1 aromatic rings. The number of aromatic nitrogens is 3. The van der Waals surface area contributed by atoms with Crippen molar-refractivity contribution in [2.24, 2.45) is 7.05 Å². The molecule has 0 amide bonds. The van der Waals surface area contributed by atoms with Crippen LogP contribution in [0.15, 0.2) is 18.9 Å². The van der Waals surface area contributed by atoms with Crippen LogP contribution >= 0.6 is 0 Å². The predicted octanol–water partition coefficient (Wildman–Crippen LogP) is 0.763. The van der Waals surface area contributed by atoms with Gasteiger partial charge in [0.2, 0.25) is 0 Å². The average Bonchev–Trinajstić information content (AvgIpc) is 2.31. The van der Waals surface area contributed by atoms with Gasteiger partial charge in [-0.05, 0) is 13.0 Å². The van der Waals surface area contributed by atoms with E-state index in [4.69, 9.17) is 0 Å². The van der Waals surface area contributed by atoms with Crippen LogP contribution in [0.5, 0.6) is 0 Å². The molecule has 0 saturated carbocycles. The van der Waals surface area contributed by atoms with Gasteiger partial charge in [-0.25, -0.2) is 0 Å². The molecule has 1 rings (SSSR count). The Morgan fingerprint density at radius 1 is 1.82 bits per heavy atom. The molecule has 0 saturated heterocycles. The van der Waals surface area contributed by atoms with Gasteiger partial charge in [-0.1, -0.05) is 6.58 Å². The van der Waals surface area contributed by atoms with Gasteiger partial charge >= 0.3 is 0 Å². The van der Waals surface area contributed by atoms with E-state index in [2.05, 4.69) is 18.7 Å². The molecule has 3 heteroatoms. The van der Waals surface area contributed by atoms with Crippen molar-refractivity contribution in [3.63, 3.8) is 0 Å². The van der Waals surface area contributed by atoms with Crippen LogP contribution in [0.1, 0.15) is 18.7 Å². The smallest absolute Gasteiger partial charge is 0.138 e. The molecule has 11 heavy (non-hydrogen) atoms. The zero-order valence-corrected chi connectivity index (χ0v) is 7.28. The standard InChI is InChI=1S/C8H14N3/c1-5-7(2)11-6-8(3)10(4)9-11/h5-7H,1H2,2-4H3/q+1/t7-/m1/s1. The molecule has 0 unspecified atom stereocenters. The Morgan fingerprint density at radius 2 is 2.45 bits per heavy atom. The zero-order chi connectivity index (χ0) is 8.43. The van der Waals surface area contributed by atoms with E-state index in [1.54, 1.807) is 0 Å². The molecule has 0 radical (unpaired) electrons. The van der Waals surface area contributed by atoms with E-state index in [-0.39, 0.29) is 6.04 Å². The van der Waals surface area contributed by atoms with E-state index in [1.807, 2.05) is 35.6 Å². The Hall–Kier alpha value is -1.12. The number of rotatable bonds is 2. The Morgan fingerprint density at radius 3 is 2.82 bits per heavy atom. The second-order valence-electron chi connectivity index (χ2n) is 2.74. The van der Waals surface area contributed by atoms with Crippen LogP contribution in [0.4, 0.5) is 0 Å². The van der Waals surface area contributed by atoms with Gasteiger partial charge < -0.3 is 0 Å². The molecule has 1 heterocycles. The van der Waals surface area contributed by atoms with Crippen LogP contribution in [-0.4, -0.2) is 9.90 Å². The lowest BCUT2D eigenvalue weighted by Gasteiger charge is -1.94. The normalized spacial score (nSPS) is 13.0. The van der Waals surface area contributed by atoms with Crippen molar-refractivity contribution >= 4 is 0 Å². The Labute approximate surface area is 66.9 Å². The number of allylic oxidation sites excluding steroid dienone is 1. The van der Waals surface area contributed by atoms with Crippen molar-refractivity contribution in [2.75, 3.05) is 0 Å². The van der Waals surface area contributed by atoms with E-state index in [9.17, 15) is 0 Å². The summed E-state index contributed by atoms with van der Waals surface area (Å²) in [6.07, 6.45) is 3.87. The zero-order valence-electron chi connectivity index (χ0n) is 7.28. The Kier molecular flexibility index (Phi) is 2.08. The minimum Gasteiger partial charge on any atom is -0.138 e. The van der Waals surface area contributed by atoms with Crippen molar-refractivity contribution in [2.45, 2.75) is 19.9 Å². The Bertz CT molecular complexity index is 243. The lowest BCUT2D eigenvalue weighted by atomic mass is 10.3. The fourth-order valence-electron chi connectivity index (χ4n) is 0.833. The lowest BCUT2D eigenvalue weighted by molar-refractivity contribution is -0.737. The van der Waals surface area contributed by atoms with Gasteiger partial charge in [0.05, 0.1) is 5.21 Å². The molecular weight excluding hydrogens is 138 g/mol. The van der Waals surface area contributed by atoms with Gasteiger partial charge in [-0.15, -0.1) is 9.36 Å². The summed E-state index contributed by atoms with van der Waals surface area (Å²) in [5.41, 5.74) is 1.15. The third-order valence-corrected chi connectivity index (χ3v) is 1.83. The topological polar surface area (TPSA) is 21.7 Å². The summed E-state index contributed by atoms with van der Waals surface area (Å²) in [6.45, 7) is 7.79. The molecule has 60 valence electrons. The number of nitrogens with zero attached hydrogens (tertiary/aromatic N) is 3. The molecule has 0 bridgehead atoms. The minimum absolute atomic E-state index is 0.273. The summed E-state index contributed by atoms with van der Waals surface area (Å²) < 4.78 is 3.74. The first-order chi connectivity index (χ1) is 5.15. The molecular formula is C8H14N3+. The van der Waals surface area contributed by atoms with Crippen LogP contribution in [0.25, 0.3) is 0 Å². The fourth-order valence-corrected chi connectivity index (χ4v) is 0.833. The number of hydrogen-bond donors (Lipinski definition) is 0. The summed E-state index contributed by atoms with van der Waals surface area (Å²) in [6, 6.07) is 0.273. The molecule has 0 N–H and O–H groups in total. The first-order valence-electron chi connectivity index (χ1n) is 3.69. The maximum absolute atomic E-state index is 4.24. The largest absolute Gasteiger partial charge is 0.164 e. The molecule has 0 aromatic carbocycles. The van der Waals surface area contributed by atoms with E-state index in [1.165, 1.54) is 0 Å². The third-order valence-electron chi connectivity index (χ3n) is 1.83. The van der Waals surface area contributed by atoms with Gasteiger partial charge in [0, 0.05) is 6.92 Å². The van der Waals surface area contributed by atoms with Gasteiger partial charge in [0.15, 0.2) is 11.9 Å². The molecule has 0 aliphatic heterocycles. The predicted molar refractivity (Wildman–Crippen MR) is 43.0 cm³/mol. The second kappa shape index (κ2) is 2.86. The highest BCUT2D eigenvalue weighted by Gasteiger charge is 2.11. The van der Waals surface area contributed by atoms with Crippen LogP contribution in [0.3, 0.4) is 0 Å². The second-order valence-corrected chi connectivity index (χ2v) is 2.74. The Balaban J connectivity index is 2.96. The lowest BCUT2D eigenvalue weighted by Crippen LogP contribution is -2.34. The van der Waals surface area contributed by atoms with Crippen molar-refractivity contribution < 1.29 is 4.68 Å². The quantitative estimate of drug-likeness (QED) is 0.453. The summed E-state index contributed by atoms with van der Waals surface area (Å²) in [5, 5.41) is 4.24. The number of hydrogen-bond acceptors (Lipinski definition) is 1. The monoisotopic (exact) mass is 152 g/mol. The van der Waals surface area contributed by atoms with Crippen molar-refractivity contribution in [3.05, 3.63) is 24.5 Å². The van der Waals surface area contributed by atoms with Crippen LogP contribution in [0.2, 0.25) is 0 Å². The average molecular weight is 152 g/mol. The highest BCUT2D eigenvalue weighted by Crippen LogP contribution is 2.02. The first-order valence-corrected chi connectivity index (χ1v) is 3.69. The van der Waals surface area contributed by atoms with Gasteiger partial charge in [0.25, 0.3) is 0 Å². The van der Waals surface area contributed by atoms with Crippen LogP contribution in [-0.2, 0) is 7.05 Å². The van der Waals surface area contributed by atoms with Gasteiger partial charge in [0.1, 0.15) is 13.1 Å². The summed E-state index contributed by atoms with van der Waals surface area (Å²) in [7, 11) is 1.93. The summed E-state index contributed by atoms with van der Waals surface area (Å²) in [4.78, 5) is 0. The molecule has 1 aromatic heterocycles. The van der Waals surface area contributed by atoms with Crippen molar-refractivity contribution in [3.8, 4) is 0 Å². The third kappa shape index (κ3) is 1.48. The van der Waals surface area contributed by atoms with E-state index in [0.717, 1.165) is 5.69 Å². The van der Waals surface area contributed by atoms with Gasteiger partial charge in [-0.3, -0.25) is 0 Å². The first kappa shape index (κ1) is 7.98. The maximum atomic E-state index is 4.24. The summed E-state index contributed by atoms with van der Waals surface area (Å²) in [5.74, 6) is 0. The molecule has 0 aliphatic carbocycles. The van der Waals surface area contributed by atoms with Crippen molar-refractivity contribution in [1.82, 2.24) is 9.90 Å². The fraction of sp³-hybridized carbons (Fsp3) is 0.500. The highest BCUT2D eigenvalue weighted by molar-refractivity contribution is 4.86. The van der Waals surface area contributed by atoms with Crippen LogP contribution in [0, 0.1) is 6.92 Å². The van der Waals surface area contributed by atoms with Gasteiger partial charge in [-0.2, -0.15) is 0 Å². The van der Waals surface area contributed by atoms with E-state index in [0.29, 0.717) is 0 Å². The van der Waals surface area contributed by atoms with E-state index >= 15 is 0 Å². The highest BCUT2D eigenvalue weighted by atomic mass is 15.5. The molecule has 0 spiro atoms. The number of aryl methyl sites for hydroxylation is 2. The maximum Gasteiger partial charge on any atom is 0.164 e. The van der Waals surface area contributed by atoms with Crippen molar-refractivity contribution in [1.29, 1.82) is 0 Å². The van der Waals surface area contributed by atoms with E-state index < -0.39 is 0 Å².